The van der Waals surface area contributed by atoms with Gasteiger partial charge >= 0.3 is 6.09 Å². The fourth-order valence-corrected chi connectivity index (χ4v) is 2.92. The van der Waals surface area contributed by atoms with Crippen molar-refractivity contribution in [1.29, 1.82) is 0 Å². The van der Waals surface area contributed by atoms with Gasteiger partial charge in [0.2, 0.25) is 5.89 Å². The Labute approximate surface area is 154 Å². The number of aromatic nitrogens is 2. The molecule has 136 valence electrons. The molecule has 0 bridgehead atoms. The van der Waals surface area contributed by atoms with Crippen LogP contribution in [0, 0.1) is 5.82 Å². The van der Waals surface area contributed by atoms with Crippen LogP contribution in [0.2, 0.25) is 5.02 Å². The molecule has 0 radical (unpaired) electrons. The zero-order valence-electron chi connectivity index (χ0n) is 14.3. The third kappa shape index (κ3) is 5.89. The number of amides is 1. The van der Waals surface area contributed by atoms with Gasteiger partial charge in [0.05, 0.1) is 0 Å². The largest absolute Gasteiger partial charge is 0.444 e. The van der Waals surface area contributed by atoms with Crippen LogP contribution >= 0.6 is 23.4 Å². The number of rotatable bonds is 5. The molecule has 0 saturated heterocycles. The van der Waals surface area contributed by atoms with Crippen molar-refractivity contribution in [2.45, 2.75) is 50.3 Å². The van der Waals surface area contributed by atoms with Crippen LogP contribution in [0.25, 0.3) is 0 Å². The van der Waals surface area contributed by atoms with E-state index in [1.54, 1.807) is 39.8 Å². The molecule has 6 nitrogen and oxygen atoms in total. The Morgan fingerprint density at radius 3 is 2.80 bits per heavy atom. The van der Waals surface area contributed by atoms with Crippen LogP contribution in [0.15, 0.2) is 27.8 Å². The molecule has 9 heteroatoms. The monoisotopic (exact) mass is 387 g/mol. The van der Waals surface area contributed by atoms with Gasteiger partial charge in [-0.25, -0.2) is 9.18 Å². The van der Waals surface area contributed by atoms with Crippen LogP contribution in [0.4, 0.5) is 9.18 Å². The second kappa shape index (κ2) is 8.05. The molecule has 0 saturated carbocycles. The van der Waals surface area contributed by atoms with Gasteiger partial charge in [-0.15, -0.1) is 10.2 Å². The summed E-state index contributed by atoms with van der Waals surface area (Å²) in [6.07, 6.45) is -0.578. The Hall–Kier alpha value is -1.80. The van der Waals surface area contributed by atoms with Crippen LogP contribution in [-0.2, 0) is 10.5 Å². The topological polar surface area (TPSA) is 77.2 Å². The van der Waals surface area contributed by atoms with Crippen molar-refractivity contribution in [1.82, 2.24) is 15.5 Å². The number of nitrogens with one attached hydrogen (secondary N) is 1. The molecular formula is C16H19ClFN3O3S. The average Bonchev–Trinajstić information content (AvgIpc) is 2.93. The number of benzene rings is 1. The van der Waals surface area contributed by atoms with Gasteiger partial charge < -0.3 is 14.5 Å². The van der Waals surface area contributed by atoms with E-state index in [0.29, 0.717) is 10.6 Å². The maximum Gasteiger partial charge on any atom is 0.408 e. The average molecular weight is 388 g/mol. The van der Waals surface area contributed by atoms with E-state index in [0.717, 1.165) is 11.8 Å². The SMILES string of the molecule is C[C@H](NC(=O)OC(C)(C)C)c1nnc(SCc2c(F)cccc2Cl)o1. The first-order valence-electron chi connectivity index (χ1n) is 7.54. The summed E-state index contributed by atoms with van der Waals surface area (Å²) in [5, 5.41) is 11.0. The number of nitrogens with zero attached hydrogens (tertiary/aromatic N) is 2. The highest BCUT2D eigenvalue weighted by molar-refractivity contribution is 7.98. The zero-order valence-corrected chi connectivity index (χ0v) is 15.9. The minimum absolute atomic E-state index is 0.230. The van der Waals surface area contributed by atoms with Crippen molar-refractivity contribution in [3.63, 3.8) is 0 Å². The quantitative estimate of drug-likeness (QED) is 0.746. The van der Waals surface area contributed by atoms with Gasteiger partial charge in [-0.2, -0.15) is 0 Å². The highest BCUT2D eigenvalue weighted by Gasteiger charge is 2.21. The van der Waals surface area contributed by atoms with Crippen LogP contribution in [-0.4, -0.2) is 21.9 Å². The highest BCUT2D eigenvalue weighted by atomic mass is 35.5. The molecule has 1 N–H and O–H groups in total. The Kier molecular flexibility index (Phi) is 6.29. The van der Waals surface area contributed by atoms with Crippen LogP contribution in [0.1, 0.15) is 45.2 Å². The van der Waals surface area contributed by atoms with E-state index in [9.17, 15) is 9.18 Å². The lowest BCUT2D eigenvalue weighted by Gasteiger charge is -2.20. The Bertz CT molecular complexity index is 728. The number of halogens is 2. The summed E-state index contributed by atoms with van der Waals surface area (Å²) in [4.78, 5) is 11.8. The Balaban J connectivity index is 1.94. The summed E-state index contributed by atoms with van der Waals surface area (Å²) < 4.78 is 24.4. The molecular weight excluding hydrogens is 369 g/mol. The molecule has 2 aromatic rings. The number of alkyl carbamates (subject to hydrolysis) is 1. The predicted molar refractivity (Wildman–Crippen MR) is 93.1 cm³/mol. The van der Waals surface area contributed by atoms with Gasteiger partial charge in [0, 0.05) is 16.3 Å². The second-order valence-corrected chi connectivity index (χ2v) is 7.60. The molecule has 0 fully saturated rings. The lowest BCUT2D eigenvalue weighted by Crippen LogP contribution is -2.34. The lowest BCUT2D eigenvalue weighted by molar-refractivity contribution is 0.0500. The van der Waals surface area contributed by atoms with Crippen molar-refractivity contribution >= 4 is 29.5 Å². The first-order valence-corrected chi connectivity index (χ1v) is 8.90. The third-order valence-electron chi connectivity index (χ3n) is 2.93. The minimum atomic E-state index is -0.599. The van der Waals surface area contributed by atoms with Gasteiger partial charge in [0.25, 0.3) is 5.22 Å². The number of carbonyl (C=O) groups excluding carboxylic acids is 1. The van der Waals surface area contributed by atoms with Gasteiger partial charge in [-0.3, -0.25) is 0 Å². The van der Waals surface area contributed by atoms with Crippen molar-refractivity contribution in [2.75, 3.05) is 0 Å². The standard InChI is InChI=1S/C16H19ClFN3O3S/c1-9(19-14(22)24-16(2,3)4)13-20-21-15(23-13)25-8-10-11(17)6-5-7-12(10)18/h5-7,9H,8H2,1-4H3,(H,19,22)/t9-/m0/s1. The van der Waals surface area contributed by atoms with Crippen molar-refractivity contribution in [3.05, 3.63) is 40.5 Å². The summed E-state index contributed by atoms with van der Waals surface area (Å²) in [7, 11) is 0. The van der Waals surface area contributed by atoms with Gasteiger partial charge in [0.15, 0.2) is 0 Å². The first-order chi connectivity index (χ1) is 11.7. The van der Waals surface area contributed by atoms with E-state index >= 15 is 0 Å². The molecule has 1 aromatic heterocycles. The van der Waals surface area contributed by atoms with Gasteiger partial charge in [-0.1, -0.05) is 29.4 Å². The highest BCUT2D eigenvalue weighted by Crippen LogP contribution is 2.28. The molecule has 0 aliphatic heterocycles. The molecule has 1 atom stereocenters. The number of hydrogen-bond acceptors (Lipinski definition) is 6. The van der Waals surface area contributed by atoms with Crippen molar-refractivity contribution in [2.24, 2.45) is 0 Å². The van der Waals surface area contributed by atoms with Gasteiger partial charge in [0.1, 0.15) is 17.5 Å². The predicted octanol–water partition coefficient (Wildman–Crippen LogP) is 4.74. The van der Waals surface area contributed by atoms with Crippen molar-refractivity contribution in [3.8, 4) is 0 Å². The van der Waals surface area contributed by atoms with Crippen LogP contribution < -0.4 is 5.32 Å². The maximum absolute atomic E-state index is 13.7. The molecule has 25 heavy (non-hydrogen) atoms. The first kappa shape index (κ1) is 19.5. The van der Waals surface area contributed by atoms with Gasteiger partial charge in [-0.05, 0) is 39.8 Å². The summed E-state index contributed by atoms with van der Waals surface area (Å²) in [5.74, 6) is 0.0915. The fraction of sp³-hybridized carbons (Fsp3) is 0.438. The normalized spacial score (nSPS) is 12.7. The fourth-order valence-electron chi connectivity index (χ4n) is 1.80. The van der Waals surface area contributed by atoms with E-state index < -0.39 is 17.7 Å². The Morgan fingerprint density at radius 1 is 1.44 bits per heavy atom. The minimum Gasteiger partial charge on any atom is -0.444 e. The molecule has 0 spiro atoms. The van der Waals surface area contributed by atoms with E-state index in [-0.39, 0.29) is 22.7 Å². The molecule has 1 amide bonds. The zero-order chi connectivity index (χ0) is 18.6. The summed E-state index contributed by atoms with van der Waals surface area (Å²) in [6, 6.07) is 3.98. The van der Waals surface area contributed by atoms with E-state index in [2.05, 4.69) is 15.5 Å². The number of carbonyl (C=O) groups is 1. The van der Waals surface area contributed by atoms with E-state index in [1.807, 2.05) is 0 Å². The number of hydrogen-bond donors (Lipinski definition) is 1. The van der Waals surface area contributed by atoms with Crippen LogP contribution in [0.3, 0.4) is 0 Å². The maximum atomic E-state index is 13.7. The van der Waals surface area contributed by atoms with E-state index in [4.69, 9.17) is 20.8 Å². The third-order valence-corrected chi connectivity index (χ3v) is 4.13. The smallest absolute Gasteiger partial charge is 0.408 e. The summed E-state index contributed by atoms with van der Waals surface area (Å²) >= 11 is 7.14. The molecule has 1 heterocycles. The molecule has 0 aliphatic carbocycles. The van der Waals surface area contributed by atoms with Crippen molar-refractivity contribution < 1.29 is 18.3 Å². The Morgan fingerprint density at radius 2 is 2.16 bits per heavy atom. The molecule has 0 unspecified atom stereocenters. The summed E-state index contributed by atoms with van der Waals surface area (Å²) in [5.41, 5.74) is -0.229. The second-order valence-electron chi connectivity index (χ2n) is 6.26. The number of thioether (sulfide) groups is 1. The van der Waals surface area contributed by atoms with Crippen LogP contribution in [0.5, 0.6) is 0 Å². The van der Waals surface area contributed by atoms with E-state index in [1.165, 1.54) is 6.07 Å². The molecule has 2 rings (SSSR count). The summed E-state index contributed by atoms with van der Waals surface area (Å²) in [6.45, 7) is 7.01. The molecule has 0 aliphatic rings. The molecule has 1 aromatic carbocycles. The number of ether oxygens (including phenoxy) is 1. The lowest BCUT2D eigenvalue weighted by atomic mass is 10.2.